The predicted molar refractivity (Wildman–Crippen MR) is 54.6 cm³/mol. The first-order valence-electron chi connectivity index (χ1n) is 4.91. The third kappa shape index (κ3) is 5.53. The highest BCUT2D eigenvalue weighted by molar-refractivity contribution is 5.82. The van der Waals surface area contributed by atoms with Gasteiger partial charge < -0.3 is 16.4 Å². The number of nitrogens with two attached hydrogens (primary N) is 1. The minimum absolute atomic E-state index is 0.0627. The second-order valence-electron chi connectivity index (χ2n) is 2.99. The molecular formula is C9H19N3O2. The molecule has 0 fully saturated rings. The van der Waals surface area contributed by atoms with E-state index in [1.165, 1.54) is 0 Å². The standard InChI is InChI=1S/C9H19N3O2/c1-3-11-8(13)6-5-7(10)9(14)12-4-2/h7H,3-6,10H2,1-2H3,(H,11,13)(H,12,14)/t7-/m1/s1. The normalized spacial score (nSPS) is 11.9. The summed E-state index contributed by atoms with van der Waals surface area (Å²) >= 11 is 0. The zero-order chi connectivity index (χ0) is 11.0. The Labute approximate surface area is 84.4 Å². The van der Waals surface area contributed by atoms with Crippen LogP contribution in [-0.2, 0) is 9.59 Å². The Kier molecular flexibility index (Phi) is 6.74. The topological polar surface area (TPSA) is 84.2 Å². The summed E-state index contributed by atoms with van der Waals surface area (Å²) in [6, 6.07) is -0.586. The molecule has 0 radical (unpaired) electrons. The number of hydrogen-bond donors (Lipinski definition) is 3. The number of hydrogen-bond acceptors (Lipinski definition) is 3. The fraction of sp³-hybridized carbons (Fsp3) is 0.778. The lowest BCUT2D eigenvalue weighted by atomic mass is 10.1. The summed E-state index contributed by atoms with van der Waals surface area (Å²) in [4.78, 5) is 22.2. The first-order chi connectivity index (χ1) is 6.61. The zero-order valence-corrected chi connectivity index (χ0v) is 8.80. The van der Waals surface area contributed by atoms with Gasteiger partial charge in [0.05, 0.1) is 6.04 Å². The van der Waals surface area contributed by atoms with E-state index < -0.39 is 6.04 Å². The fourth-order valence-electron chi connectivity index (χ4n) is 1.01. The molecule has 0 aliphatic carbocycles. The maximum absolute atomic E-state index is 11.1. The Balaban J connectivity index is 3.67. The summed E-state index contributed by atoms with van der Waals surface area (Å²) in [5.74, 6) is -0.260. The van der Waals surface area contributed by atoms with Gasteiger partial charge in [-0.1, -0.05) is 0 Å². The molecule has 1 atom stereocenters. The van der Waals surface area contributed by atoms with Crippen molar-refractivity contribution in [2.45, 2.75) is 32.7 Å². The van der Waals surface area contributed by atoms with E-state index in [1.54, 1.807) is 0 Å². The Bertz CT molecular complexity index is 194. The smallest absolute Gasteiger partial charge is 0.236 e. The van der Waals surface area contributed by atoms with Crippen molar-refractivity contribution in [2.75, 3.05) is 13.1 Å². The van der Waals surface area contributed by atoms with Gasteiger partial charge >= 0.3 is 0 Å². The average molecular weight is 201 g/mol. The average Bonchev–Trinajstić information content (AvgIpc) is 2.15. The molecule has 0 aromatic rings. The van der Waals surface area contributed by atoms with Gasteiger partial charge in [-0.3, -0.25) is 9.59 Å². The molecule has 0 bridgehead atoms. The Morgan fingerprint density at radius 2 is 1.79 bits per heavy atom. The van der Waals surface area contributed by atoms with E-state index in [0.717, 1.165) is 0 Å². The van der Waals surface area contributed by atoms with Gasteiger partial charge in [0.2, 0.25) is 11.8 Å². The minimum Gasteiger partial charge on any atom is -0.356 e. The summed E-state index contributed by atoms with van der Waals surface area (Å²) in [5, 5.41) is 5.25. The number of amides is 2. The molecule has 0 aliphatic rings. The summed E-state index contributed by atoms with van der Waals surface area (Å²) in [5.41, 5.74) is 5.56. The van der Waals surface area contributed by atoms with E-state index in [4.69, 9.17) is 5.73 Å². The van der Waals surface area contributed by atoms with Gasteiger partial charge in [0.25, 0.3) is 0 Å². The zero-order valence-electron chi connectivity index (χ0n) is 8.80. The lowest BCUT2D eigenvalue weighted by Gasteiger charge is -2.10. The Morgan fingerprint density at radius 3 is 2.29 bits per heavy atom. The van der Waals surface area contributed by atoms with Gasteiger partial charge in [-0.05, 0) is 20.3 Å². The summed E-state index contributed by atoms with van der Waals surface area (Å²) < 4.78 is 0. The van der Waals surface area contributed by atoms with Gasteiger partial charge in [0.1, 0.15) is 0 Å². The van der Waals surface area contributed by atoms with Crippen molar-refractivity contribution in [3.05, 3.63) is 0 Å². The van der Waals surface area contributed by atoms with E-state index in [9.17, 15) is 9.59 Å². The van der Waals surface area contributed by atoms with Crippen molar-refractivity contribution < 1.29 is 9.59 Å². The predicted octanol–water partition coefficient (Wildman–Crippen LogP) is -0.634. The van der Waals surface area contributed by atoms with Crippen molar-refractivity contribution in [2.24, 2.45) is 5.73 Å². The molecule has 4 N–H and O–H groups in total. The molecule has 0 rings (SSSR count). The largest absolute Gasteiger partial charge is 0.356 e. The van der Waals surface area contributed by atoms with Gasteiger partial charge in [0.15, 0.2) is 0 Å². The number of likely N-dealkylation sites (N-methyl/N-ethyl adjacent to an activating group) is 1. The van der Waals surface area contributed by atoms with Crippen molar-refractivity contribution >= 4 is 11.8 Å². The molecule has 82 valence electrons. The lowest BCUT2D eigenvalue weighted by molar-refractivity contribution is -0.123. The molecule has 0 aliphatic heterocycles. The van der Waals surface area contributed by atoms with Crippen LogP contribution in [0.1, 0.15) is 26.7 Å². The Morgan fingerprint density at radius 1 is 1.21 bits per heavy atom. The summed E-state index contributed by atoms with van der Waals surface area (Å²) in [6.07, 6.45) is 0.684. The van der Waals surface area contributed by atoms with E-state index >= 15 is 0 Å². The first-order valence-corrected chi connectivity index (χ1v) is 4.91. The first kappa shape index (κ1) is 12.9. The van der Waals surface area contributed by atoms with Crippen LogP contribution >= 0.6 is 0 Å². The van der Waals surface area contributed by atoms with Gasteiger partial charge in [-0.25, -0.2) is 0 Å². The summed E-state index contributed by atoms with van der Waals surface area (Å²) in [7, 11) is 0. The fourth-order valence-corrected chi connectivity index (χ4v) is 1.01. The quantitative estimate of drug-likeness (QED) is 0.535. The van der Waals surface area contributed by atoms with Crippen LogP contribution in [0.3, 0.4) is 0 Å². The van der Waals surface area contributed by atoms with Gasteiger partial charge in [-0.15, -0.1) is 0 Å². The van der Waals surface area contributed by atoms with Crippen molar-refractivity contribution in [3.8, 4) is 0 Å². The van der Waals surface area contributed by atoms with Crippen LogP contribution in [0.25, 0.3) is 0 Å². The molecule has 0 heterocycles. The van der Waals surface area contributed by atoms with Crippen molar-refractivity contribution in [3.63, 3.8) is 0 Å². The van der Waals surface area contributed by atoms with Crippen LogP contribution in [0.5, 0.6) is 0 Å². The third-order valence-corrected chi connectivity index (χ3v) is 1.74. The second-order valence-corrected chi connectivity index (χ2v) is 2.99. The van der Waals surface area contributed by atoms with E-state index in [-0.39, 0.29) is 11.8 Å². The monoisotopic (exact) mass is 201 g/mol. The molecular weight excluding hydrogens is 182 g/mol. The van der Waals surface area contributed by atoms with Crippen LogP contribution in [0, 0.1) is 0 Å². The van der Waals surface area contributed by atoms with Gasteiger partial charge in [-0.2, -0.15) is 0 Å². The molecule has 0 aromatic carbocycles. The van der Waals surface area contributed by atoms with Gasteiger partial charge in [0, 0.05) is 19.5 Å². The molecule has 0 saturated carbocycles. The second kappa shape index (κ2) is 7.32. The van der Waals surface area contributed by atoms with Crippen LogP contribution < -0.4 is 16.4 Å². The molecule has 0 aromatic heterocycles. The Hall–Kier alpha value is -1.10. The van der Waals surface area contributed by atoms with E-state index in [1.807, 2.05) is 13.8 Å². The lowest BCUT2D eigenvalue weighted by Crippen LogP contribution is -2.41. The highest BCUT2D eigenvalue weighted by Crippen LogP contribution is 1.94. The molecule has 0 unspecified atom stereocenters. The van der Waals surface area contributed by atoms with E-state index in [2.05, 4.69) is 10.6 Å². The number of carbonyl (C=O) groups excluding carboxylic acids is 2. The number of nitrogens with one attached hydrogen (secondary N) is 2. The molecule has 2 amide bonds. The maximum Gasteiger partial charge on any atom is 0.236 e. The van der Waals surface area contributed by atoms with Crippen LogP contribution in [-0.4, -0.2) is 30.9 Å². The van der Waals surface area contributed by atoms with Crippen LogP contribution in [0.15, 0.2) is 0 Å². The SMILES string of the molecule is CCNC(=O)CC[C@@H](N)C(=O)NCC. The number of rotatable bonds is 6. The molecule has 14 heavy (non-hydrogen) atoms. The highest BCUT2D eigenvalue weighted by Gasteiger charge is 2.13. The molecule has 0 spiro atoms. The maximum atomic E-state index is 11.1. The third-order valence-electron chi connectivity index (χ3n) is 1.74. The highest BCUT2D eigenvalue weighted by atomic mass is 16.2. The van der Waals surface area contributed by atoms with Crippen LogP contribution in [0.2, 0.25) is 0 Å². The number of carbonyl (C=O) groups is 2. The van der Waals surface area contributed by atoms with Crippen molar-refractivity contribution in [1.29, 1.82) is 0 Å². The molecule has 0 saturated heterocycles. The van der Waals surface area contributed by atoms with Crippen LogP contribution in [0.4, 0.5) is 0 Å². The molecule has 5 heteroatoms. The van der Waals surface area contributed by atoms with E-state index in [0.29, 0.717) is 25.9 Å². The minimum atomic E-state index is -0.586. The molecule has 5 nitrogen and oxygen atoms in total. The van der Waals surface area contributed by atoms with Crippen molar-refractivity contribution in [1.82, 2.24) is 10.6 Å². The summed E-state index contributed by atoms with van der Waals surface area (Å²) in [6.45, 7) is 4.85.